The van der Waals surface area contributed by atoms with Crippen molar-refractivity contribution in [2.75, 3.05) is 44.7 Å². The zero-order valence-electron chi connectivity index (χ0n) is 18.9. The van der Waals surface area contributed by atoms with Gasteiger partial charge in [-0.1, -0.05) is 35.9 Å². The van der Waals surface area contributed by atoms with Crippen LogP contribution < -0.4 is 10.2 Å². The Hall–Kier alpha value is -3.49. The van der Waals surface area contributed by atoms with Gasteiger partial charge in [0.25, 0.3) is 11.6 Å². The number of aromatic nitrogens is 1. The van der Waals surface area contributed by atoms with E-state index in [2.05, 4.69) is 27.1 Å². The molecule has 1 aliphatic rings. The molecule has 0 saturated carbocycles. The molecule has 2 heterocycles. The number of hydrogen-bond donors (Lipinski definition) is 1. The molecule has 0 bridgehead atoms. The fraction of sp³-hybridized carbons (Fsp3) is 0.280. The summed E-state index contributed by atoms with van der Waals surface area (Å²) in [5, 5.41) is 15.0. The molecule has 8 nitrogen and oxygen atoms in total. The van der Waals surface area contributed by atoms with Crippen LogP contribution >= 0.6 is 11.6 Å². The molecule has 0 aliphatic carbocycles. The number of nitrogens with one attached hydrogen (secondary N) is 1. The summed E-state index contributed by atoms with van der Waals surface area (Å²) in [6.45, 7) is 4.29. The summed E-state index contributed by atoms with van der Waals surface area (Å²) in [6.07, 6.45) is 2.40. The Kier molecular flexibility index (Phi) is 7.40. The first-order chi connectivity index (χ1) is 16.4. The lowest BCUT2D eigenvalue weighted by molar-refractivity contribution is -0.385. The van der Waals surface area contributed by atoms with Gasteiger partial charge in [-0.05, 0) is 54.4 Å². The highest BCUT2D eigenvalue weighted by atomic mass is 35.5. The SMILES string of the molecule is CN1CCN(c2ccc(CCNC(=O)c3ccc(-c4ccc(Cl)cc4)cc3[N+](=O)[O-])cn2)CC1. The van der Waals surface area contributed by atoms with Gasteiger partial charge in [0.05, 0.1) is 4.92 Å². The molecule has 0 spiro atoms. The molecular weight excluding hydrogens is 454 g/mol. The minimum Gasteiger partial charge on any atom is -0.354 e. The molecule has 2 aromatic carbocycles. The third-order valence-corrected chi connectivity index (χ3v) is 6.20. The largest absolute Gasteiger partial charge is 0.354 e. The average Bonchev–Trinajstić information content (AvgIpc) is 2.85. The van der Waals surface area contributed by atoms with Crippen molar-refractivity contribution in [2.45, 2.75) is 6.42 Å². The number of piperazine rings is 1. The lowest BCUT2D eigenvalue weighted by Gasteiger charge is -2.33. The number of benzene rings is 2. The maximum Gasteiger partial charge on any atom is 0.282 e. The van der Waals surface area contributed by atoms with E-state index < -0.39 is 10.8 Å². The van der Waals surface area contributed by atoms with E-state index >= 15 is 0 Å². The van der Waals surface area contributed by atoms with Gasteiger partial charge in [-0.2, -0.15) is 0 Å². The fourth-order valence-corrected chi connectivity index (χ4v) is 4.03. The van der Waals surface area contributed by atoms with E-state index in [1.54, 1.807) is 30.3 Å². The van der Waals surface area contributed by atoms with Gasteiger partial charge in [0, 0.05) is 50.0 Å². The number of nitro groups is 1. The smallest absolute Gasteiger partial charge is 0.282 e. The molecule has 1 N–H and O–H groups in total. The number of nitrogens with zero attached hydrogens (tertiary/aromatic N) is 4. The number of hydrogen-bond acceptors (Lipinski definition) is 6. The Morgan fingerprint density at radius 2 is 1.76 bits per heavy atom. The number of likely N-dealkylation sites (N-methyl/N-ethyl adjacent to an activating group) is 1. The minimum atomic E-state index is -0.532. The van der Waals surface area contributed by atoms with E-state index in [-0.39, 0.29) is 11.3 Å². The van der Waals surface area contributed by atoms with Crippen molar-refractivity contribution >= 4 is 29.0 Å². The van der Waals surface area contributed by atoms with Crippen molar-refractivity contribution < 1.29 is 9.72 Å². The van der Waals surface area contributed by atoms with E-state index in [0.717, 1.165) is 43.1 Å². The Morgan fingerprint density at radius 1 is 1.06 bits per heavy atom. The van der Waals surface area contributed by atoms with Gasteiger partial charge in [-0.15, -0.1) is 0 Å². The molecule has 1 amide bonds. The monoisotopic (exact) mass is 479 g/mol. The third-order valence-electron chi connectivity index (χ3n) is 5.95. The van der Waals surface area contributed by atoms with Crippen LogP contribution in [0.5, 0.6) is 0 Å². The van der Waals surface area contributed by atoms with Crippen LogP contribution in [0, 0.1) is 10.1 Å². The van der Waals surface area contributed by atoms with E-state index in [4.69, 9.17) is 11.6 Å². The third kappa shape index (κ3) is 5.70. The van der Waals surface area contributed by atoms with E-state index in [9.17, 15) is 14.9 Å². The highest BCUT2D eigenvalue weighted by molar-refractivity contribution is 6.30. The molecule has 1 saturated heterocycles. The summed E-state index contributed by atoms with van der Waals surface area (Å²) < 4.78 is 0. The highest BCUT2D eigenvalue weighted by Gasteiger charge is 2.21. The Balaban J connectivity index is 1.37. The summed E-state index contributed by atoms with van der Waals surface area (Å²) in [6, 6.07) is 15.6. The van der Waals surface area contributed by atoms with Crippen LogP contribution in [0.25, 0.3) is 11.1 Å². The number of carbonyl (C=O) groups excluding carboxylic acids is 1. The van der Waals surface area contributed by atoms with Crippen LogP contribution in [0.2, 0.25) is 5.02 Å². The Bertz CT molecular complexity index is 1160. The fourth-order valence-electron chi connectivity index (χ4n) is 3.90. The molecular formula is C25H26ClN5O3. The van der Waals surface area contributed by atoms with Crippen molar-refractivity contribution in [1.82, 2.24) is 15.2 Å². The molecule has 1 aromatic heterocycles. The summed E-state index contributed by atoms with van der Waals surface area (Å²) in [5.74, 6) is 0.480. The molecule has 3 aromatic rings. The quantitative estimate of drug-likeness (QED) is 0.406. The van der Waals surface area contributed by atoms with Gasteiger partial charge in [0.1, 0.15) is 11.4 Å². The molecule has 1 aliphatic heterocycles. The molecule has 0 unspecified atom stereocenters. The predicted molar refractivity (Wildman–Crippen MR) is 134 cm³/mol. The van der Waals surface area contributed by atoms with E-state index in [1.165, 1.54) is 12.1 Å². The molecule has 0 radical (unpaired) electrons. The summed E-state index contributed by atoms with van der Waals surface area (Å²) in [5.41, 5.74) is 2.22. The number of nitro benzene ring substituents is 1. The number of rotatable bonds is 7. The van der Waals surface area contributed by atoms with Crippen molar-refractivity contribution in [1.29, 1.82) is 0 Å². The standard InChI is InChI=1S/C25H26ClN5O3/c1-29-12-14-30(15-13-29)24-9-2-18(17-28-24)10-11-27-25(32)22-8-5-20(16-23(22)31(33)34)19-3-6-21(26)7-4-19/h2-9,16-17H,10-15H2,1H3,(H,27,32). The maximum absolute atomic E-state index is 12.7. The topological polar surface area (TPSA) is 91.6 Å². The number of pyridine rings is 1. The first-order valence-corrected chi connectivity index (χ1v) is 11.5. The first-order valence-electron chi connectivity index (χ1n) is 11.1. The predicted octanol–water partition coefficient (Wildman–Crippen LogP) is 4.03. The molecule has 176 valence electrons. The number of anilines is 1. The number of amides is 1. The zero-order valence-corrected chi connectivity index (χ0v) is 19.7. The van der Waals surface area contributed by atoms with E-state index in [0.29, 0.717) is 23.6 Å². The summed E-state index contributed by atoms with van der Waals surface area (Å²) in [7, 11) is 2.12. The van der Waals surface area contributed by atoms with Gasteiger partial charge in [0.2, 0.25) is 0 Å². The van der Waals surface area contributed by atoms with Crippen LogP contribution in [0.4, 0.5) is 11.5 Å². The summed E-state index contributed by atoms with van der Waals surface area (Å²) >= 11 is 5.92. The van der Waals surface area contributed by atoms with Crippen LogP contribution in [-0.2, 0) is 6.42 Å². The van der Waals surface area contributed by atoms with Crippen molar-refractivity contribution in [3.05, 3.63) is 87.1 Å². The van der Waals surface area contributed by atoms with Crippen LogP contribution in [0.15, 0.2) is 60.8 Å². The van der Waals surface area contributed by atoms with Gasteiger partial charge in [0.15, 0.2) is 0 Å². The second kappa shape index (κ2) is 10.6. The second-order valence-corrected chi connectivity index (χ2v) is 8.75. The van der Waals surface area contributed by atoms with Gasteiger partial charge in [-0.25, -0.2) is 4.98 Å². The normalized spacial score (nSPS) is 14.1. The Labute approximate surface area is 203 Å². The van der Waals surface area contributed by atoms with Crippen LogP contribution in [0.1, 0.15) is 15.9 Å². The molecule has 4 rings (SSSR count). The number of carbonyl (C=O) groups is 1. The number of halogens is 1. The molecule has 0 atom stereocenters. The highest BCUT2D eigenvalue weighted by Crippen LogP contribution is 2.28. The maximum atomic E-state index is 12.7. The van der Waals surface area contributed by atoms with Gasteiger partial charge >= 0.3 is 0 Å². The van der Waals surface area contributed by atoms with Crippen molar-refractivity contribution in [3.63, 3.8) is 0 Å². The van der Waals surface area contributed by atoms with Gasteiger partial charge in [-0.3, -0.25) is 14.9 Å². The minimum absolute atomic E-state index is 0.0336. The summed E-state index contributed by atoms with van der Waals surface area (Å²) in [4.78, 5) is 32.9. The Morgan fingerprint density at radius 3 is 2.41 bits per heavy atom. The lowest BCUT2D eigenvalue weighted by atomic mass is 10.0. The van der Waals surface area contributed by atoms with Crippen molar-refractivity contribution in [3.8, 4) is 11.1 Å². The molecule has 9 heteroatoms. The zero-order chi connectivity index (χ0) is 24.1. The van der Waals surface area contributed by atoms with Crippen LogP contribution in [-0.4, -0.2) is 60.5 Å². The second-order valence-electron chi connectivity index (χ2n) is 8.32. The average molecular weight is 480 g/mol. The molecule has 1 fully saturated rings. The lowest BCUT2D eigenvalue weighted by Crippen LogP contribution is -2.44. The van der Waals surface area contributed by atoms with Crippen LogP contribution in [0.3, 0.4) is 0 Å². The molecule has 34 heavy (non-hydrogen) atoms. The first kappa shape index (κ1) is 23.7. The van der Waals surface area contributed by atoms with Crippen molar-refractivity contribution in [2.24, 2.45) is 0 Å². The van der Waals surface area contributed by atoms with E-state index in [1.807, 2.05) is 18.3 Å². The van der Waals surface area contributed by atoms with Gasteiger partial charge < -0.3 is 15.1 Å².